The van der Waals surface area contributed by atoms with Crippen LogP contribution in [0.2, 0.25) is 0 Å². The minimum Gasteiger partial charge on any atom is -0.481 e. The van der Waals surface area contributed by atoms with Crippen LogP contribution in [0.25, 0.3) is 0 Å². The molecule has 0 aromatic heterocycles. The number of carboxylic acids is 1. The summed E-state index contributed by atoms with van der Waals surface area (Å²) < 4.78 is 0. The first-order valence-corrected chi connectivity index (χ1v) is 6.91. The van der Waals surface area contributed by atoms with Crippen LogP contribution in [-0.4, -0.2) is 40.8 Å². The number of amides is 1. The van der Waals surface area contributed by atoms with Gasteiger partial charge < -0.3 is 20.8 Å². The van der Waals surface area contributed by atoms with Gasteiger partial charge in [-0.05, 0) is 25.0 Å². The number of rotatable bonds is 5. The lowest BCUT2D eigenvalue weighted by molar-refractivity contribution is -0.142. The molecule has 1 aromatic carbocycles. The average Bonchev–Trinajstić information content (AvgIpc) is 2.43. The predicted molar refractivity (Wildman–Crippen MR) is 78.0 cm³/mol. The number of benzene rings is 1. The Morgan fingerprint density at radius 1 is 1.43 bits per heavy atom. The number of fused-ring (bicyclic) bond motifs is 1. The highest BCUT2D eigenvalue weighted by atomic mass is 16.4. The molecule has 1 aromatic rings. The molecule has 1 heterocycles. The number of aliphatic carboxylic acids is 1. The standard InChI is InChI=1S/C15H20N2O4/c1-15(21,7-13(18)19)9-17-14(20)11-6-10-4-2-3-5-12(10)16-8-11/h2-5,11,16,21H,6-9H2,1H3,(H,17,20)(H,18,19). The molecule has 6 nitrogen and oxygen atoms in total. The van der Waals surface area contributed by atoms with Crippen LogP contribution in [0.4, 0.5) is 5.69 Å². The number of hydrogen-bond donors (Lipinski definition) is 4. The Kier molecular flexibility index (Phi) is 4.47. The van der Waals surface area contributed by atoms with E-state index in [-0.39, 0.29) is 18.4 Å². The molecule has 1 amide bonds. The number of aliphatic hydroxyl groups is 1. The van der Waals surface area contributed by atoms with Crippen LogP contribution in [0.5, 0.6) is 0 Å². The average molecular weight is 292 g/mol. The highest BCUT2D eigenvalue weighted by Gasteiger charge is 2.28. The van der Waals surface area contributed by atoms with Gasteiger partial charge in [0.15, 0.2) is 0 Å². The summed E-state index contributed by atoms with van der Waals surface area (Å²) in [6, 6.07) is 7.82. The third-order valence-electron chi connectivity index (χ3n) is 3.57. The minimum atomic E-state index is -1.44. The van der Waals surface area contributed by atoms with Crippen molar-refractivity contribution < 1.29 is 19.8 Å². The zero-order valence-corrected chi connectivity index (χ0v) is 11.9. The summed E-state index contributed by atoms with van der Waals surface area (Å²) >= 11 is 0. The summed E-state index contributed by atoms with van der Waals surface area (Å²) in [5.74, 6) is -1.49. The van der Waals surface area contributed by atoms with Gasteiger partial charge in [0.25, 0.3) is 0 Å². The summed E-state index contributed by atoms with van der Waals surface area (Å²) in [4.78, 5) is 22.7. The van der Waals surface area contributed by atoms with E-state index in [9.17, 15) is 14.7 Å². The quantitative estimate of drug-likeness (QED) is 0.637. The SMILES string of the molecule is CC(O)(CNC(=O)C1CNc2ccccc2C1)CC(=O)O. The zero-order chi connectivity index (χ0) is 15.5. The molecular weight excluding hydrogens is 272 g/mol. The fourth-order valence-electron chi connectivity index (χ4n) is 2.44. The molecule has 0 saturated heterocycles. The maximum Gasteiger partial charge on any atom is 0.306 e. The highest BCUT2D eigenvalue weighted by Crippen LogP contribution is 2.24. The normalized spacial score (nSPS) is 19.8. The summed E-state index contributed by atoms with van der Waals surface area (Å²) in [6.07, 6.45) is 0.231. The first-order valence-electron chi connectivity index (χ1n) is 6.91. The van der Waals surface area contributed by atoms with E-state index in [1.165, 1.54) is 6.92 Å². The number of anilines is 1. The van der Waals surface area contributed by atoms with Crippen LogP contribution in [0.15, 0.2) is 24.3 Å². The van der Waals surface area contributed by atoms with Gasteiger partial charge in [-0.15, -0.1) is 0 Å². The van der Waals surface area contributed by atoms with E-state index < -0.39 is 18.0 Å². The molecule has 0 fully saturated rings. The van der Waals surface area contributed by atoms with E-state index in [0.29, 0.717) is 13.0 Å². The Morgan fingerprint density at radius 2 is 2.14 bits per heavy atom. The van der Waals surface area contributed by atoms with Gasteiger partial charge in [-0.3, -0.25) is 9.59 Å². The van der Waals surface area contributed by atoms with Gasteiger partial charge in [-0.25, -0.2) is 0 Å². The van der Waals surface area contributed by atoms with Gasteiger partial charge in [0.2, 0.25) is 5.91 Å². The monoisotopic (exact) mass is 292 g/mol. The Labute approximate surface area is 123 Å². The lowest BCUT2D eigenvalue weighted by atomic mass is 9.93. The molecule has 114 valence electrons. The molecule has 2 atom stereocenters. The Balaban J connectivity index is 1.89. The van der Waals surface area contributed by atoms with Crippen LogP contribution < -0.4 is 10.6 Å². The van der Waals surface area contributed by atoms with E-state index in [2.05, 4.69) is 10.6 Å². The number of para-hydroxylation sites is 1. The highest BCUT2D eigenvalue weighted by molar-refractivity contribution is 5.81. The van der Waals surface area contributed by atoms with Gasteiger partial charge in [-0.1, -0.05) is 18.2 Å². The number of nitrogens with one attached hydrogen (secondary N) is 2. The van der Waals surface area contributed by atoms with Gasteiger partial charge in [0.05, 0.1) is 17.9 Å². The predicted octanol–water partition coefficient (Wildman–Crippen LogP) is 0.613. The van der Waals surface area contributed by atoms with Crippen LogP contribution in [0.3, 0.4) is 0 Å². The number of carboxylic acid groups (broad SMARTS) is 1. The van der Waals surface area contributed by atoms with E-state index in [0.717, 1.165) is 11.3 Å². The second kappa shape index (κ2) is 6.13. The molecule has 0 bridgehead atoms. The summed E-state index contributed by atoms with van der Waals surface area (Å²) in [6.45, 7) is 1.86. The Morgan fingerprint density at radius 3 is 2.86 bits per heavy atom. The van der Waals surface area contributed by atoms with Crippen molar-refractivity contribution in [2.45, 2.75) is 25.4 Å². The molecule has 0 saturated carbocycles. The third kappa shape index (κ3) is 4.19. The smallest absolute Gasteiger partial charge is 0.306 e. The van der Waals surface area contributed by atoms with Crippen molar-refractivity contribution in [3.63, 3.8) is 0 Å². The lowest BCUT2D eigenvalue weighted by Gasteiger charge is -2.27. The number of carbonyl (C=O) groups excluding carboxylic acids is 1. The van der Waals surface area contributed by atoms with Crippen LogP contribution in [-0.2, 0) is 16.0 Å². The molecule has 0 spiro atoms. The summed E-state index contributed by atoms with van der Waals surface area (Å²) in [7, 11) is 0. The van der Waals surface area contributed by atoms with Gasteiger partial charge >= 0.3 is 5.97 Å². The first kappa shape index (κ1) is 15.3. The van der Waals surface area contributed by atoms with Gasteiger partial charge in [0, 0.05) is 18.8 Å². The first-order chi connectivity index (χ1) is 9.87. The molecule has 1 aliphatic rings. The lowest BCUT2D eigenvalue weighted by Crippen LogP contribution is -2.46. The van der Waals surface area contributed by atoms with Crippen LogP contribution in [0.1, 0.15) is 18.9 Å². The van der Waals surface area contributed by atoms with Crippen molar-refractivity contribution in [2.24, 2.45) is 5.92 Å². The summed E-state index contributed by atoms with van der Waals surface area (Å²) in [5.41, 5.74) is 0.683. The molecule has 4 N–H and O–H groups in total. The Bertz CT molecular complexity index is 542. The van der Waals surface area contributed by atoms with E-state index in [4.69, 9.17) is 5.11 Å². The zero-order valence-electron chi connectivity index (χ0n) is 11.9. The Hall–Kier alpha value is -2.08. The van der Waals surface area contributed by atoms with Crippen molar-refractivity contribution in [3.8, 4) is 0 Å². The van der Waals surface area contributed by atoms with Gasteiger partial charge in [0.1, 0.15) is 0 Å². The van der Waals surface area contributed by atoms with Gasteiger partial charge in [-0.2, -0.15) is 0 Å². The minimum absolute atomic E-state index is 0.0731. The van der Waals surface area contributed by atoms with E-state index >= 15 is 0 Å². The summed E-state index contributed by atoms with van der Waals surface area (Å²) in [5, 5.41) is 24.4. The largest absolute Gasteiger partial charge is 0.481 e. The molecule has 0 aliphatic carbocycles. The van der Waals surface area contributed by atoms with E-state index in [1.54, 1.807) is 0 Å². The maximum atomic E-state index is 12.1. The third-order valence-corrected chi connectivity index (χ3v) is 3.57. The van der Waals surface area contributed by atoms with Crippen molar-refractivity contribution in [1.29, 1.82) is 0 Å². The van der Waals surface area contributed by atoms with Crippen molar-refractivity contribution in [2.75, 3.05) is 18.4 Å². The second-order valence-electron chi connectivity index (χ2n) is 5.72. The fourth-order valence-corrected chi connectivity index (χ4v) is 2.44. The van der Waals surface area contributed by atoms with Crippen LogP contribution >= 0.6 is 0 Å². The molecule has 2 unspecified atom stereocenters. The molecule has 2 rings (SSSR count). The van der Waals surface area contributed by atoms with E-state index in [1.807, 2.05) is 24.3 Å². The topological polar surface area (TPSA) is 98.7 Å². The molecule has 1 aliphatic heterocycles. The number of hydrogen-bond acceptors (Lipinski definition) is 4. The molecular formula is C15H20N2O4. The molecule has 0 radical (unpaired) electrons. The molecule has 6 heteroatoms. The molecule has 21 heavy (non-hydrogen) atoms. The van der Waals surface area contributed by atoms with Crippen molar-refractivity contribution in [1.82, 2.24) is 5.32 Å². The number of carbonyl (C=O) groups is 2. The van der Waals surface area contributed by atoms with Crippen molar-refractivity contribution in [3.05, 3.63) is 29.8 Å². The van der Waals surface area contributed by atoms with Crippen LogP contribution in [0, 0.1) is 5.92 Å². The second-order valence-corrected chi connectivity index (χ2v) is 5.72. The fraction of sp³-hybridized carbons (Fsp3) is 0.467. The van der Waals surface area contributed by atoms with Crippen molar-refractivity contribution >= 4 is 17.6 Å². The maximum absolute atomic E-state index is 12.1.